The molecule has 34 heavy (non-hydrogen) atoms. The summed E-state index contributed by atoms with van der Waals surface area (Å²) in [6.07, 6.45) is 0.907. The maximum atomic E-state index is 12.0. The molecule has 2 aromatic carbocycles. The van der Waals surface area contributed by atoms with E-state index in [0.717, 1.165) is 17.7 Å². The molecule has 1 atom stereocenters. The number of nitriles is 2. The van der Waals surface area contributed by atoms with E-state index in [2.05, 4.69) is 41.6 Å². The highest BCUT2D eigenvalue weighted by molar-refractivity contribution is 6.33. The number of carbonyl (C=O) groups is 2. The first-order valence-electron chi connectivity index (χ1n) is 10.5. The highest BCUT2D eigenvalue weighted by Gasteiger charge is 2.30. The highest BCUT2D eigenvalue weighted by atomic mass is 35.5. The summed E-state index contributed by atoms with van der Waals surface area (Å²) in [5.74, 6) is -0.811. The number of rotatable bonds is 5. The third-order valence-electron chi connectivity index (χ3n) is 5.24. The van der Waals surface area contributed by atoms with E-state index in [1.807, 2.05) is 18.2 Å². The Morgan fingerprint density at radius 2 is 2.00 bits per heavy atom. The number of amides is 1. The molecule has 1 amide bonds. The van der Waals surface area contributed by atoms with E-state index < -0.39 is 12.6 Å². The average Bonchev–Trinajstić information content (AvgIpc) is 2.75. The summed E-state index contributed by atoms with van der Waals surface area (Å²) in [7, 11) is 0. The number of anilines is 2. The Labute approximate surface area is 202 Å². The normalized spacial score (nSPS) is 16.0. The van der Waals surface area contributed by atoms with Gasteiger partial charge in [0.25, 0.3) is 0 Å². The van der Waals surface area contributed by atoms with Crippen LogP contribution in [-0.2, 0) is 9.53 Å². The van der Waals surface area contributed by atoms with Gasteiger partial charge >= 0.3 is 5.97 Å². The summed E-state index contributed by atoms with van der Waals surface area (Å²) >= 11 is 6.29. The summed E-state index contributed by atoms with van der Waals surface area (Å²) in [6, 6.07) is 9.89. The molecule has 2 aromatic rings. The van der Waals surface area contributed by atoms with Crippen molar-refractivity contribution < 1.29 is 14.3 Å². The third kappa shape index (κ3) is 5.51. The van der Waals surface area contributed by atoms with Crippen molar-refractivity contribution in [2.75, 3.05) is 17.2 Å². The van der Waals surface area contributed by atoms with Crippen molar-refractivity contribution in [1.82, 2.24) is 0 Å². The molecule has 1 unspecified atom stereocenters. The van der Waals surface area contributed by atoms with E-state index in [1.165, 1.54) is 19.1 Å². The molecule has 174 valence electrons. The van der Waals surface area contributed by atoms with Gasteiger partial charge in [-0.1, -0.05) is 18.5 Å². The van der Waals surface area contributed by atoms with E-state index in [0.29, 0.717) is 11.4 Å². The van der Waals surface area contributed by atoms with Crippen molar-refractivity contribution in [2.24, 2.45) is 10.2 Å². The summed E-state index contributed by atoms with van der Waals surface area (Å²) in [5, 5.41) is 32.9. The topological polar surface area (TPSA) is 140 Å². The molecule has 3 rings (SSSR count). The molecule has 1 heterocycles. The van der Waals surface area contributed by atoms with Crippen LogP contribution in [0.2, 0.25) is 5.02 Å². The molecule has 0 saturated carbocycles. The number of hydrogen-bond acceptors (Lipinski definition) is 8. The van der Waals surface area contributed by atoms with Gasteiger partial charge in [0, 0.05) is 18.2 Å². The molecule has 1 aliphatic heterocycles. The second kappa shape index (κ2) is 9.90. The van der Waals surface area contributed by atoms with Gasteiger partial charge in [0.2, 0.25) is 5.91 Å². The number of benzene rings is 2. The van der Waals surface area contributed by atoms with E-state index >= 15 is 0 Å². The SMILES string of the molecule is CC(=O)Nc1cc2c(cc1/N=N/c1c(Cl)cc(C(=O)OCC#N)cc1C#N)C(C)CC(C)(C)N2. The first-order valence-corrected chi connectivity index (χ1v) is 10.9. The van der Waals surface area contributed by atoms with Crippen LogP contribution >= 0.6 is 11.6 Å². The van der Waals surface area contributed by atoms with Crippen LogP contribution < -0.4 is 10.6 Å². The molecule has 10 heteroatoms. The van der Waals surface area contributed by atoms with Crippen LogP contribution in [0.25, 0.3) is 0 Å². The zero-order valence-corrected chi connectivity index (χ0v) is 19.9. The van der Waals surface area contributed by atoms with Crippen LogP contribution in [0.1, 0.15) is 61.5 Å². The Kier molecular flexibility index (Phi) is 7.19. The van der Waals surface area contributed by atoms with Crippen LogP contribution in [0.5, 0.6) is 0 Å². The minimum absolute atomic E-state index is 0.0102. The van der Waals surface area contributed by atoms with Crippen LogP contribution in [0, 0.1) is 22.7 Å². The van der Waals surface area contributed by atoms with Crippen molar-refractivity contribution in [2.45, 2.75) is 45.6 Å². The Morgan fingerprint density at radius 1 is 1.26 bits per heavy atom. The molecule has 0 bridgehead atoms. The van der Waals surface area contributed by atoms with Crippen molar-refractivity contribution in [1.29, 1.82) is 10.5 Å². The maximum Gasteiger partial charge on any atom is 0.339 e. The predicted molar refractivity (Wildman–Crippen MR) is 128 cm³/mol. The third-order valence-corrected chi connectivity index (χ3v) is 5.53. The van der Waals surface area contributed by atoms with E-state index in [4.69, 9.17) is 21.6 Å². The zero-order valence-electron chi connectivity index (χ0n) is 19.2. The van der Waals surface area contributed by atoms with Crippen molar-refractivity contribution >= 4 is 46.2 Å². The molecule has 9 nitrogen and oxygen atoms in total. The molecule has 0 fully saturated rings. The lowest BCUT2D eigenvalue weighted by Gasteiger charge is -2.38. The lowest BCUT2D eigenvalue weighted by molar-refractivity contribution is -0.114. The molecule has 0 aliphatic carbocycles. The number of azo groups is 1. The molecule has 0 spiro atoms. The van der Waals surface area contributed by atoms with Crippen molar-refractivity contribution in [3.05, 3.63) is 46.0 Å². The van der Waals surface area contributed by atoms with Crippen molar-refractivity contribution in [3.63, 3.8) is 0 Å². The molecule has 1 aliphatic rings. The Balaban J connectivity index is 2.04. The minimum atomic E-state index is -0.782. The molecule has 2 N–H and O–H groups in total. The van der Waals surface area contributed by atoms with E-state index in [-0.39, 0.29) is 39.2 Å². The average molecular weight is 479 g/mol. The predicted octanol–water partition coefficient (Wildman–Crippen LogP) is 5.96. The highest BCUT2D eigenvalue weighted by Crippen LogP contribution is 2.44. The zero-order chi connectivity index (χ0) is 25.0. The molecule has 0 radical (unpaired) electrons. The fraction of sp³-hybridized carbons (Fsp3) is 0.333. The largest absolute Gasteiger partial charge is 0.447 e. The standard InChI is InChI=1S/C24H23ClN6O3/c1-13-11-24(3,4)29-19-10-20(28-14(2)32)21(9-17(13)19)30-31-22-16(12-27)7-15(8-18(22)25)23(33)34-6-5-26/h7-10,13,29H,6,11H2,1-4H3,(H,28,32)/b31-30+. The summed E-state index contributed by atoms with van der Waals surface area (Å²) in [6.45, 7) is 7.32. The first kappa shape index (κ1) is 24.7. The van der Waals surface area contributed by atoms with Crippen LogP contribution in [-0.4, -0.2) is 24.0 Å². The van der Waals surface area contributed by atoms with Gasteiger partial charge in [-0.25, -0.2) is 4.79 Å². The van der Waals surface area contributed by atoms with Crippen LogP contribution in [0.15, 0.2) is 34.5 Å². The molecule has 0 saturated heterocycles. The molecule has 0 aromatic heterocycles. The summed E-state index contributed by atoms with van der Waals surface area (Å²) < 4.78 is 4.76. The lowest BCUT2D eigenvalue weighted by Crippen LogP contribution is -2.36. The maximum absolute atomic E-state index is 12.0. The minimum Gasteiger partial charge on any atom is -0.447 e. The lowest BCUT2D eigenvalue weighted by atomic mass is 9.81. The van der Waals surface area contributed by atoms with Gasteiger partial charge < -0.3 is 15.4 Å². The number of hydrogen-bond donors (Lipinski definition) is 2. The smallest absolute Gasteiger partial charge is 0.339 e. The first-order chi connectivity index (χ1) is 16.0. The Hall–Kier alpha value is -3.95. The van der Waals surface area contributed by atoms with Crippen molar-refractivity contribution in [3.8, 4) is 12.1 Å². The number of halogens is 1. The van der Waals surface area contributed by atoms with Gasteiger partial charge in [-0.15, -0.1) is 10.2 Å². The molecular formula is C24H23ClN6O3. The van der Waals surface area contributed by atoms with Crippen LogP contribution in [0.4, 0.5) is 22.7 Å². The van der Waals surface area contributed by atoms with Gasteiger partial charge in [-0.05, 0) is 56.0 Å². The number of carbonyl (C=O) groups excluding carboxylic acids is 2. The number of nitrogens with one attached hydrogen (secondary N) is 2. The Morgan fingerprint density at radius 3 is 2.65 bits per heavy atom. The number of fused-ring (bicyclic) bond motifs is 1. The fourth-order valence-electron chi connectivity index (χ4n) is 3.97. The summed E-state index contributed by atoms with van der Waals surface area (Å²) in [5.41, 5.74) is 2.79. The van der Waals surface area contributed by atoms with E-state index in [9.17, 15) is 14.9 Å². The molecular weight excluding hydrogens is 456 g/mol. The second-order valence-electron chi connectivity index (χ2n) is 8.65. The van der Waals surface area contributed by atoms with E-state index in [1.54, 1.807) is 6.07 Å². The summed E-state index contributed by atoms with van der Waals surface area (Å²) in [4.78, 5) is 23.8. The number of esters is 1. The van der Waals surface area contributed by atoms with Crippen LogP contribution in [0.3, 0.4) is 0 Å². The second-order valence-corrected chi connectivity index (χ2v) is 9.06. The Bertz CT molecular complexity index is 1270. The monoisotopic (exact) mass is 478 g/mol. The number of ether oxygens (including phenoxy) is 1. The van der Waals surface area contributed by atoms with Gasteiger partial charge in [-0.3, -0.25) is 4.79 Å². The van der Waals surface area contributed by atoms with Gasteiger partial charge in [0.15, 0.2) is 6.61 Å². The van der Waals surface area contributed by atoms with Gasteiger partial charge in [0.1, 0.15) is 23.5 Å². The van der Waals surface area contributed by atoms with Gasteiger partial charge in [0.05, 0.1) is 21.8 Å². The quantitative estimate of drug-likeness (QED) is 0.401. The van der Waals surface area contributed by atoms with Gasteiger partial charge in [-0.2, -0.15) is 10.5 Å². The fourth-order valence-corrected chi connectivity index (χ4v) is 4.23. The number of nitrogens with zero attached hydrogens (tertiary/aromatic N) is 4.